The molecule has 3 N–H and O–H groups in total. The fraction of sp³-hybridized carbons (Fsp3) is 0.800. The predicted octanol–water partition coefficient (Wildman–Crippen LogP) is 0.326. The van der Waals surface area contributed by atoms with Crippen LogP contribution in [0.15, 0.2) is 0 Å². The van der Waals surface area contributed by atoms with Gasteiger partial charge in [0.05, 0.1) is 11.6 Å². The fourth-order valence-corrected chi connectivity index (χ4v) is 1.55. The average molecular weight is 230 g/mol. The van der Waals surface area contributed by atoms with Gasteiger partial charge >= 0.3 is 12.0 Å². The Hall–Kier alpha value is -1.30. The van der Waals surface area contributed by atoms with Gasteiger partial charge in [-0.05, 0) is 27.2 Å². The molecular formula is C10H18N2O4. The number of hydrogen-bond acceptors (Lipinski definition) is 3. The van der Waals surface area contributed by atoms with E-state index in [1.807, 2.05) is 13.8 Å². The molecule has 6 nitrogen and oxygen atoms in total. The minimum absolute atomic E-state index is 0.0709. The summed E-state index contributed by atoms with van der Waals surface area (Å²) in [4.78, 5) is 22.1. The molecule has 1 fully saturated rings. The van der Waals surface area contributed by atoms with Crippen LogP contribution in [-0.2, 0) is 9.53 Å². The number of urea groups is 1. The first-order valence-electron chi connectivity index (χ1n) is 5.28. The van der Waals surface area contributed by atoms with Gasteiger partial charge < -0.3 is 20.5 Å². The van der Waals surface area contributed by atoms with Crippen LogP contribution in [0.5, 0.6) is 0 Å². The lowest BCUT2D eigenvalue weighted by Gasteiger charge is -2.29. The number of hydrogen-bond donors (Lipinski definition) is 3. The van der Waals surface area contributed by atoms with Crippen molar-refractivity contribution >= 4 is 12.0 Å². The molecule has 16 heavy (non-hydrogen) atoms. The van der Waals surface area contributed by atoms with E-state index in [1.165, 1.54) is 6.92 Å². The largest absolute Gasteiger partial charge is 0.480 e. The van der Waals surface area contributed by atoms with Crippen LogP contribution >= 0.6 is 0 Å². The van der Waals surface area contributed by atoms with Gasteiger partial charge in [0.25, 0.3) is 0 Å². The first-order valence-corrected chi connectivity index (χ1v) is 5.28. The van der Waals surface area contributed by atoms with Gasteiger partial charge in [-0.2, -0.15) is 0 Å². The summed E-state index contributed by atoms with van der Waals surface area (Å²) in [6, 6.07) is -1.38. The smallest absolute Gasteiger partial charge is 0.325 e. The monoisotopic (exact) mass is 230 g/mol. The lowest BCUT2D eigenvalue weighted by Crippen LogP contribution is -2.56. The molecule has 2 amide bonds. The van der Waals surface area contributed by atoms with E-state index in [9.17, 15) is 9.59 Å². The molecule has 3 atom stereocenters. The molecule has 0 bridgehead atoms. The third-order valence-corrected chi connectivity index (χ3v) is 3.00. The molecule has 1 aliphatic rings. The summed E-state index contributed by atoms with van der Waals surface area (Å²) in [5.74, 6) is -1.06. The zero-order valence-electron chi connectivity index (χ0n) is 9.74. The van der Waals surface area contributed by atoms with Gasteiger partial charge in [0.2, 0.25) is 0 Å². The van der Waals surface area contributed by atoms with Crippen molar-refractivity contribution in [1.29, 1.82) is 0 Å². The van der Waals surface area contributed by atoms with Gasteiger partial charge in [-0.15, -0.1) is 0 Å². The van der Waals surface area contributed by atoms with Gasteiger partial charge in [0, 0.05) is 6.61 Å². The van der Waals surface area contributed by atoms with Crippen molar-refractivity contribution in [3.63, 3.8) is 0 Å². The van der Waals surface area contributed by atoms with Gasteiger partial charge in [-0.3, -0.25) is 4.79 Å². The van der Waals surface area contributed by atoms with E-state index in [2.05, 4.69) is 10.6 Å². The predicted molar refractivity (Wildman–Crippen MR) is 57.2 cm³/mol. The van der Waals surface area contributed by atoms with Crippen molar-refractivity contribution in [2.24, 2.45) is 0 Å². The molecule has 0 radical (unpaired) electrons. The van der Waals surface area contributed by atoms with Crippen molar-refractivity contribution < 1.29 is 19.4 Å². The van der Waals surface area contributed by atoms with Crippen molar-refractivity contribution in [2.45, 2.75) is 44.9 Å². The zero-order valence-corrected chi connectivity index (χ0v) is 9.74. The Morgan fingerprint density at radius 1 is 1.56 bits per heavy atom. The Balaban J connectivity index is 2.48. The minimum atomic E-state index is -1.06. The van der Waals surface area contributed by atoms with Crippen molar-refractivity contribution in [3.05, 3.63) is 0 Å². The maximum atomic E-state index is 11.5. The number of ether oxygens (including phenoxy) is 1. The number of carbonyl (C=O) groups excluding carboxylic acids is 1. The van der Waals surface area contributed by atoms with Crippen LogP contribution in [0.3, 0.4) is 0 Å². The molecule has 0 saturated carbocycles. The quantitative estimate of drug-likeness (QED) is 0.651. The molecule has 0 spiro atoms. The Kier molecular flexibility index (Phi) is 3.74. The SMILES string of the molecule is CC1OCCC1(C)NC(=O)N[C@H](C)C(=O)O. The molecule has 1 rings (SSSR count). The van der Waals surface area contributed by atoms with Crippen LogP contribution in [0.25, 0.3) is 0 Å². The maximum Gasteiger partial charge on any atom is 0.325 e. The second kappa shape index (κ2) is 4.69. The van der Waals surface area contributed by atoms with Gasteiger partial charge in [-0.25, -0.2) is 4.79 Å². The summed E-state index contributed by atoms with van der Waals surface area (Å²) in [6.07, 6.45) is 0.654. The van der Waals surface area contributed by atoms with E-state index in [0.29, 0.717) is 6.61 Å². The summed E-state index contributed by atoms with van der Waals surface area (Å²) in [5, 5.41) is 13.7. The van der Waals surface area contributed by atoms with E-state index >= 15 is 0 Å². The highest BCUT2D eigenvalue weighted by molar-refractivity contribution is 5.82. The normalized spacial score (nSPS) is 30.8. The van der Waals surface area contributed by atoms with E-state index < -0.39 is 23.6 Å². The number of amides is 2. The number of nitrogens with one attached hydrogen (secondary N) is 2. The molecule has 0 aromatic heterocycles. The van der Waals surface area contributed by atoms with E-state index in [4.69, 9.17) is 9.84 Å². The van der Waals surface area contributed by atoms with Crippen LogP contribution < -0.4 is 10.6 Å². The van der Waals surface area contributed by atoms with Crippen LogP contribution in [0.4, 0.5) is 4.79 Å². The highest BCUT2D eigenvalue weighted by atomic mass is 16.5. The Morgan fingerprint density at radius 2 is 2.19 bits per heavy atom. The third-order valence-electron chi connectivity index (χ3n) is 3.00. The summed E-state index contributed by atoms with van der Waals surface area (Å²) in [6.45, 7) is 5.79. The van der Waals surface area contributed by atoms with Gasteiger partial charge in [0.1, 0.15) is 6.04 Å². The van der Waals surface area contributed by atoms with Crippen LogP contribution in [0.2, 0.25) is 0 Å². The highest BCUT2D eigenvalue weighted by Crippen LogP contribution is 2.24. The van der Waals surface area contributed by atoms with Crippen LogP contribution in [-0.4, -0.2) is 41.4 Å². The van der Waals surface area contributed by atoms with E-state index in [-0.39, 0.29) is 6.10 Å². The second-order valence-electron chi connectivity index (χ2n) is 4.34. The molecule has 0 aromatic carbocycles. The second-order valence-corrected chi connectivity index (χ2v) is 4.34. The molecule has 6 heteroatoms. The maximum absolute atomic E-state index is 11.5. The number of aliphatic carboxylic acids is 1. The van der Waals surface area contributed by atoms with E-state index in [0.717, 1.165) is 6.42 Å². The highest BCUT2D eigenvalue weighted by Gasteiger charge is 2.38. The summed E-state index contributed by atoms with van der Waals surface area (Å²) >= 11 is 0. The molecule has 1 aliphatic heterocycles. The summed E-state index contributed by atoms with van der Waals surface area (Å²) in [7, 11) is 0. The minimum Gasteiger partial charge on any atom is -0.480 e. The average Bonchev–Trinajstić information content (AvgIpc) is 2.46. The lowest BCUT2D eigenvalue weighted by molar-refractivity contribution is -0.138. The number of carboxylic acid groups (broad SMARTS) is 1. The number of carboxylic acids is 1. The molecule has 1 saturated heterocycles. The molecular weight excluding hydrogens is 212 g/mol. The van der Waals surface area contributed by atoms with Gasteiger partial charge in [-0.1, -0.05) is 0 Å². The van der Waals surface area contributed by atoms with Crippen molar-refractivity contribution in [1.82, 2.24) is 10.6 Å². The molecule has 92 valence electrons. The summed E-state index contributed by atoms with van der Waals surface area (Å²) in [5.41, 5.74) is -0.428. The molecule has 0 aromatic rings. The van der Waals surface area contributed by atoms with Gasteiger partial charge in [0.15, 0.2) is 0 Å². The Bertz CT molecular complexity index is 295. The topological polar surface area (TPSA) is 87.7 Å². The fourth-order valence-electron chi connectivity index (χ4n) is 1.55. The number of rotatable bonds is 3. The lowest BCUT2D eigenvalue weighted by atomic mass is 9.95. The zero-order chi connectivity index (χ0) is 12.3. The van der Waals surface area contributed by atoms with Crippen LogP contribution in [0.1, 0.15) is 27.2 Å². The number of carbonyl (C=O) groups is 2. The standard InChI is InChI=1S/C10H18N2O4/c1-6(8(13)14)11-9(15)12-10(3)4-5-16-7(10)2/h6-7H,4-5H2,1-3H3,(H,13,14)(H2,11,12,15)/t6-,7?,10?/m1/s1. The first kappa shape index (κ1) is 12.8. The Labute approximate surface area is 94.3 Å². The van der Waals surface area contributed by atoms with Crippen molar-refractivity contribution in [2.75, 3.05) is 6.61 Å². The summed E-state index contributed by atoms with van der Waals surface area (Å²) < 4.78 is 5.36. The molecule has 1 heterocycles. The molecule has 0 aliphatic carbocycles. The molecule has 2 unspecified atom stereocenters. The van der Waals surface area contributed by atoms with E-state index in [1.54, 1.807) is 0 Å². The van der Waals surface area contributed by atoms with Crippen LogP contribution in [0, 0.1) is 0 Å². The van der Waals surface area contributed by atoms with Crippen molar-refractivity contribution in [3.8, 4) is 0 Å². The first-order chi connectivity index (χ1) is 7.35. The Morgan fingerprint density at radius 3 is 2.62 bits per heavy atom. The third kappa shape index (κ3) is 2.85.